The maximum Gasteiger partial charge on any atom is 0.259 e. The third kappa shape index (κ3) is 9.14. The van der Waals surface area contributed by atoms with Gasteiger partial charge >= 0.3 is 0 Å². The van der Waals surface area contributed by atoms with E-state index in [1.54, 1.807) is 20.4 Å². The molecule has 1 amide bonds. The third-order valence-corrected chi connectivity index (χ3v) is 13.3. The second kappa shape index (κ2) is 19.4. The minimum absolute atomic E-state index is 0.0287. The molecule has 61 heavy (non-hydrogen) atoms. The van der Waals surface area contributed by atoms with Gasteiger partial charge in [-0.3, -0.25) is 4.79 Å². The van der Waals surface area contributed by atoms with E-state index in [0.29, 0.717) is 30.2 Å². The van der Waals surface area contributed by atoms with Gasteiger partial charge in [0.2, 0.25) is 5.91 Å². The second-order valence-electron chi connectivity index (χ2n) is 15.8. The lowest BCUT2D eigenvalue weighted by Crippen LogP contribution is -2.42. The SMILES string of the molecule is COc1ccc(C(OC[C@H]2O[C@@H](N3C=C4CCC5=C4C(=N3)C=NN(C(C)=O)C5)[C@@H](F)[C@@H]2OP(OCCC#N)N(C(C)C)C(C)C)(c2ccccc2)c2ccc(OC)cc2)cc1. The fourth-order valence-electron chi connectivity index (χ4n) is 8.36. The third-order valence-electron chi connectivity index (χ3n) is 11.2. The highest BCUT2D eigenvalue weighted by Crippen LogP contribution is 2.51. The predicted molar refractivity (Wildman–Crippen MR) is 231 cm³/mol. The summed E-state index contributed by atoms with van der Waals surface area (Å²) in [5.41, 5.74) is 4.73. The molecule has 1 fully saturated rings. The van der Waals surface area contributed by atoms with Gasteiger partial charge in [-0.25, -0.2) is 19.1 Å². The number of alkyl halides is 1. The number of rotatable bonds is 17. The van der Waals surface area contributed by atoms with Crippen LogP contribution in [-0.4, -0.2) is 103 Å². The van der Waals surface area contributed by atoms with Crippen LogP contribution in [0.4, 0.5) is 4.39 Å². The Morgan fingerprint density at radius 2 is 1.59 bits per heavy atom. The highest BCUT2D eigenvalue weighted by Gasteiger charge is 2.53. The summed E-state index contributed by atoms with van der Waals surface area (Å²) < 4.78 is 58.0. The number of hydrogen-bond acceptors (Lipinski definition) is 12. The van der Waals surface area contributed by atoms with Crippen molar-refractivity contribution in [3.8, 4) is 17.6 Å². The molecule has 0 N–H and O–H groups in total. The van der Waals surface area contributed by atoms with E-state index < -0.39 is 38.7 Å². The highest BCUT2D eigenvalue weighted by molar-refractivity contribution is 7.44. The molecule has 13 nitrogen and oxygen atoms in total. The molecular weight excluding hydrogens is 799 g/mol. The molecule has 4 aliphatic rings. The van der Waals surface area contributed by atoms with Crippen molar-refractivity contribution in [2.24, 2.45) is 10.2 Å². The van der Waals surface area contributed by atoms with Crippen LogP contribution in [-0.2, 0) is 28.9 Å². The molecule has 3 aromatic rings. The van der Waals surface area contributed by atoms with Crippen molar-refractivity contribution in [1.82, 2.24) is 14.7 Å². The Kier molecular flexibility index (Phi) is 14.0. The van der Waals surface area contributed by atoms with Gasteiger partial charge < -0.3 is 28.0 Å². The first-order valence-corrected chi connectivity index (χ1v) is 21.8. The van der Waals surface area contributed by atoms with E-state index in [1.807, 2.05) is 113 Å². The summed E-state index contributed by atoms with van der Waals surface area (Å²) in [5, 5.41) is 21.7. The molecule has 3 aliphatic heterocycles. The summed E-state index contributed by atoms with van der Waals surface area (Å²) in [6, 6.07) is 27.3. The van der Waals surface area contributed by atoms with E-state index in [4.69, 9.17) is 33.1 Å². The summed E-state index contributed by atoms with van der Waals surface area (Å²) in [5.74, 6) is 1.18. The Bertz CT molecular complexity index is 2120. The standard InChI is InChI=1S/C46H54FN6O7P/c1-30(2)53(31(3)4)61(58-25-11-24-48)60-44-41(59-45(43(44)47)52-28-34-15-14-33-27-51(32(5)54)49-26-40(50-52)42(33)34)29-57-46(35-12-9-8-10-13-35,36-16-20-38(55-6)21-17-36)37-18-22-39(56-7)23-19-37/h8-10,12-13,16-23,26,28,30-31,41,43-45H,11,14-15,25,27,29H2,1-7H3/t41-,43+,44-,45-,61?/m1/s1. The van der Waals surface area contributed by atoms with Crippen LogP contribution >= 0.6 is 8.53 Å². The fraction of sp³-hybridized carbons (Fsp3) is 0.435. The summed E-state index contributed by atoms with van der Waals surface area (Å²) in [6.45, 7) is 9.97. The van der Waals surface area contributed by atoms with Crippen molar-refractivity contribution in [1.29, 1.82) is 5.26 Å². The van der Waals surface area contributed by atoms with Gasteiger partial charge in [-0.05, 0) is 92.6 Å². The maximum absolute atomic E-state index is 17.7. The topological polar surface area (TPSA) is 131 Å². The van der Waals surface area contributed by atoms with Crippen molar-refractivity contribution >= 4 is 26.4 Å². The van der Waals surface area contributed by atoms with Gasteiger partial charge in [0, 0.05) is 30.8 Å². The van der Waals surface area contributed by atoms with Crippen molar-refractivity contribution in [3.05, 3.63) is 118 Å². The van der Waals surface area contributed by atoms with Crippen LogP contribution in [0.5, 0.6) is 11.5 Å². The number of benzene rings is 3. The van der Waals surface area contributed by atoms with E-state index in [-0.39, 0.29) is 37.6 Å². The zero-order chi connectivity index (χ0) is 43.3. The zero-order valence-electron chi connectivity index (χ0n) is 35.7. The number of carbonyl (C=O) groups is 1. The number of hydrogen-bond donors (Lipinski definition) is 0. The smallest absolute Gasteiger partial charge is 0.259 e. The largest absolute Gasteiger partial charge is 0.497 e. The molecule has 0 aromatic heterocycles. The molecule has 1 saturated heterocycles. The molecule has 0 saturated carbocycles. The molecule has 0 radical (unpaired) electrons. The first kappa shape index (κ1) is 44.1. The summed E-state index contributed by atoms with van der Waals surface area (Å²) in [7, 11) is 1.35. The molecule has 322 valence electrons. The molecule has 7 rings (SSSR count). The Morgan fingerprint density at radius 3 is 2.16 bits per heavy atom. The van der Waals surface area contributed by atoms with Crippen LogP contribution in [0.15, 0.2) is 112 Å². The fourth-order valence-corrected chi connectivity index (χ4v) is 10.1. The normalized spacial score (nSPS) is 21.7. The van der Waals surface area contributed by atoms with Crippen LogP contribution in [0, 0.1) is 11.3 Å². The van der Waals surface area contributed by atoms with Crippen molar-refractivity contribution in [2.75, 3.05) is 34.0 Å². The summed E-state index contributed by atoms with van der Waals surface area (Å²) >= 11 is 0. The summed E-state index contributed by atoms with van der Waals surface area (Å²) in [6.07, 6.45) is -0.146. The van der Waals surface area contributed by atoms with E-state index in [2.05, 4.69) is 15.8 Å². The predicted octanol–water partition coefficient (Wildman–Crippen LogP) is 8.23. The van der Waals surface area contributed by atoms with Gasteiger partial charge in [-0.15, -0.1) is 0 Å². The van der Waals surface area contributed by atoms with E-state index in [1.165, 1.54) is 16.9 Å². The lowest BCUT2D eigenvalue weighted by atomic mass is 9.80. The molecule has 3 aromatic carbocycles. The summed E-state index contributed by atoms with van der Waals surface area (Å²) in [4.78, 5) is 12.4. The van der Waals surface area contributed by atoms with Crippen LogP contribution in [0.25, 0.3) is 0 Å². The molecular formula is C46H54FN6O7P. The van der Waals surface area contributed by atoms with Crippen molar-refractivity contribution in [3.63, 3.8) is 0 Å². The molecule has 5 atom stereocenters. The van der Waals surface area contributed by atoms with Gasteiger partial charge in [0.05, 0.1) is 52.7 Å². The van der Waals surface area contributed by atoms with Crippen LogP contribution in [0.2, 0.25) is 0 Å². The second-order valence-corrected chi connectivity index (χ2v) is 17.2. The van der Waals surface area contributed by atoms with E-state index in [0.717, 1.165) is 39.8 Å². The van der Waals surface area contributed by atoms with Gasteiger partial charge in [0.15, 0.2) is 12.4 Å². The first-order chi connectivity index (χ1) is 29.5. The molecule has 1 unspecified atom stereocenters. The highest BCUT2D eigenvalue weighted by atomic mass is 31.2. The number of carbonyl (C=O) groups excluding carboxylic acids is 1. The Hall–Kier alpha value is -5.00. The average molecular weight is 853 g/mol. The Balaban J connectivity index is 1.31. The number of allylic oxidation sites excluding steroid dienone is 2. The number of methoxy groups -OCH3 is 2. The molecule has 0 bridgehead atoms. The molecule has 1 aliphatic carbocycles. The quantitative estimate of drug-likeness (QED) is 0.0744. The maximum atomic E-state index is 17.7. The Morgan fingerprint density at radius 1 is 0.967 bits per heavy atom. The minimum atomic E-state index is -1.89. The van der Waals surface area contributed by atoms with Crippen LogP contribution in [0.1, 0.15) is 70.6 Å². The molecule has 3 heterocycles. The van der Waals surface area contributed by atoms with E-state index >= 15 is 4.39 Å². The number of amides is 1. The zero-order valence-corrected chi connectivity index (χ0v) is 36.6. The minimum Gasteiger partial charge on any atom is -0.497 e. The van der Waals surface area contributed by atoms with Crippen molar-refractivity contribution in [2.45, 2.75) is 96.2 Å². The van der Waals surface area contributed by atoms with Crippen LogP contribution < -0.4 is 9.47 Å². The lowest BCUT2D eigenvalue weighted by Gasteiger charge is -2.39. The number of ether oxygens (including phenoxy) is 4. The van der Waals surface area contributed by atoms with Crippen molar-refractivity contribution < 1.29 is 37.2 Å². The molecule has 0 spiro atoms. The number of nitrogens with zero attached hydrogens (tertiary/aromatic N) is 6. The number of nitriles is 1. The lowest BCUT2D eigenvalue weighted by molar-refractivity contribution is -0.128. The first-order valence-electron chi connectivity index (χ1n) is 20.6. The molecule has 15 heteroatoms. The van der Waals surface area contributed by atoms with Crippen LogP contribution in [0.3, 0.4) is 0 Å². The monoisotopic (exact) mass is 852 g/mol. The van der Waals surface area contributed by atoms with Gasteiger partial charge in [0.1, 0.15) is 35.0 Å². The number of halogens is 1. The Labute approximate surface area is 359 Å². The van der Waals surface area contributed by atoms with E-state index in [9.17, 15) is 10.1 Å². The average Bonchev–Trinajstić information content (AvgIpc) is 3.74. The number of hydrazone groups is 2. The van der Waals surface area contributed by atoms with Gasteiger partial charge in [-0.2, -0.15) is 15.5 Å². The van der Waals surface area contributed by atoms with Gasteiger partial charge in [-0.1, -0.05) is 54.6 Å². The van der Waals surface area contributed by atoms with Gasteiger partial charge in [0.25, 0.3) is 8.53 Å².